The van der Waals surface area contributed by atoms with Gasteiger partial charge in [-0.15, -0.1) is 0 Å². The minimum atomic E-state index is -0.252. The number of rotatable bonds is 4. The average molecular weight is 239 g/mol. The van der Waals surface area contributed by atoms with Crippen LogP contribution in [0.5, 0.6) is 0 Å². The molecule has 2 fully saturated rings. The molecular formula is C13H21NO3. The highest BCUT2D eigenvalue weighted by Crippen LogP contribution is 2.48. The van der Waals surface area contributed by atoms with Crippen LogP contribution in [0.1, 0.15) is 32.1 Å². The monoisotopic (exact) mass is 239 g/mol. The standard InChI is InChI=1S/C13H21NO3/c1-14(6-5-12(15)17-2)13(16)11-8-9-3-4-10(11)7-9/h9-11H,3-8H2,1-2H3. The fraction of sp³-hybridized carbons (Fsp3) is 0.846. The van der Waals surface area contributed by atoms with Gasteiger partial charge in [0.05, 0.1) is 13.5 Å². The van der Waals surface area contributed by atoms with Gasteiger partial charge in [-0.3, -0.25) is 9.59 Å². The van der Waals surface area contributed by atoms with Crippen LogP contribution in [0.2, 0.25) is 0 Å². The highest BCUT2D eigenvalue weighted by Gasteiger charge is 2.43. The minimum absolute atomic E-state index is 0.219. The number of ether oxygens (including phenoxy) is 1. The summed E-state index contributed by atoms with van der Waals surface area (Å²) in [6, 6.07) is 0. The summed E-state index contributed by atoms with van der Waals surface area (Å²) in [7, 11) is 3.16. The van der Waals surface area contributed by atoms with Crippen LogP contribution in [0.25, 0.3) is 0 Å². The number of carbonyl (C=O) groups excluding carboxylic acids is 2. The molecule has 0 aromatic rings. The van der Waals surface area contributed by atoms with Crippen molar-refractivity contribution in [2.24, 2.45) is 17.8 Å². The van der Waals surface area contributed by atoms with Crippen molar-refractivity contribution in [2.45, 2.75) is 32.1 Å². The molecule has 0 spiro atoms. The molecule has 2 aliphatic rings. The third-order valence-electron chi connectivity index (χ3n) is 4.31. The lowest BCUT2D eigenvalue weighted by atomic mass is 9.88. The molecule has 4 nitrogen and oxygen atoms in total. The first-order valence-corrected chi connectivity index (χ1v) is 6.43. The van der Waals surface area contributed by atoms with Gasteiger partial charge in [0.2, 0.25) is 5.91 Å². The molecule has 2 bridgehead atoms. The lowest BCUT2D eigenvalue weighted by molar-refractivity contribution is -0.142. The van der Waals surface area contributed by atoms with E-state index >= 15 is 0 Å². The van der Waals surface area contributed by atoms with E-state index in [-0.39, 0.29) is 17.8 Å². The molecule has 96 valence electrons. The van der Waals surface area contributed by atoms with Crippen LogP contribution in [0.3, 0.4) is 0 Å². The van der Waals surface area contributed by atoms with Gasteiger partial charge in [0, 0.05) is 19.5 Å². The number of methoxy groups -OCH3 is 1. The van der Waals surface area contributed by atoms with E-state index in [4.69, 9.17) is 0 Å². The van der Waals surface area contributed by atoms with Crippen LogP contribution in [-0.2, 0) is 14.3 Å². The molecule has 0 heterocycles. The Labute approximate surface area is 102 Å². The van der Waals surface area contributed by atoms with E-state index < -0.39 is 0 Å². The lowest BCUT2D eigenvalue weighted by Gasteiger charge is -2.26. The summed E-state index contributed by atoms with van der Waals surface area (Å²) in [5, 5.41) is 0. The van der Waals surface area contributed by atoms with Crippen molar-refractivity contribution in [3.63, 3.8) is 0 Å². The molecule has 3 unspecified atom stereocenters. The van der Waals surface area contributed by atoms with Crippen LogP contribution in [0.4, 0.5) is 0 Å². The molecule has 0 aromatic heterocycles. The van der Waals surface area contributed by atoms with Crippen LogP contribution in [-0.4, -0.2) is 37.5 Å². The Morgan fingerprint density at radius 3 is 2.59 bits per heavy atom. The smallest absolute Gasteiger partial charge is 0.307 e. The Morgan fingerprint density at radius 1 is 1.29 bits per heavy atom. The topological polar surface area (TPSA) is 46.6 Å². The van der Waals surface area contributed by atoms with E-state index in [1.807, 2.05) is 0 Å². The average Bonchev–Trinajstić information content (AvgIpc) is 2.96. The summed E-state index contributed by atoms with van der Waals surface area (Å²) >= 11 is 0. The molecule has 3 atom stereocenters. The zero-order chi connectivity index (χ0) is 12.4. The molecule has 2 aliphatic carbocycles. The fourth-order valence-electron chi connectivity index (χ4n) is 3.30. The van der Waals surface area contributed by atoms with Gasteiger partial charge >= 0.3 is 5.97 Å². The van der Waals surface area contributed by atoms with Gasteiger partial charge in [-0.05, 0) is 31.1 Å². The first-order valence-electron chi connectivity index (χ1n) is 6.43. The second-order valence-corrected chi connectivity index (χ2v) is 5.37. The summed E-state index contributed by atoms with van der Waals surface area (Å²) < 4.78 is 4.58. The van der Waals surface area contributed by atoms with Crippen molar-refractivity contribution in [3.05, 3.63) is 0 Å². The van der Waals surface area contributed by atoms with E-state index in [2.05, 4.69) is 4.74 Å². The quantitative estimate of drug-likeness (QED) is 0.697. The van der Waals surface area contributed by atoms with Gasteiger partial charge in [-0.2, -0.15) is 0 Å². The van der Waals surface area contributed by atoms with Gasteiger partial charge in [0.1, 0.15) is 0 Å². The van der Waals surface area contributed by atoms with E-state index in [1.165, 1.54) is 26.4 Å². The second kappa shape index (κ2) is 5.07. The Bertz CT molecular complexity index is 316. The van der Waals surface area contributed by atoms with Gasteiger partial charge in [0.25, 0.3) is 0 Å². The third kappa shape index (κ3) is 2.61. The first kappa shape index (κ1) is 12.4. The van der Waals surface area contributed by atoms with Crippen LogP contribution in [0.15, 0.2) is 0 Å². The van der Waals surface area contributed by atoms with E-state index in [9.17, 15) is 9.59 Å². The Morgan fingerprint density at radius 2 is 2.06 bits per heavy atom. The zero-order valence-electron chi connectivity index (χ0n) is 10.6. The van der Waals surface area contributed by atoms with E-state index in [0.29, 0.717) is 18.9 Å². The molecule has 4 heteroatoms. The lowest BCUT2D eigenvalue weighted by Crippen LogP contribution is -2.36. The molecule has 0 aromatic carbocycles. The molecule has 1 amide bonds. The number of esters is 1. The SMILES string of the molecule is COC(=O)CCN(C)C(=O)C1CC2CCC1C2. The van der Waals surface area contributed by atoms with Crippen molar-refractivity contribution in [2.75, 3.05) is 20.7 Å². The van der Waals surface area contributed by atoms with Crippen molar-refractivity contribution in [1.82, 2.24) is 4.90 Å². The molecule has 2 rings (SSSR count). The van der Waals surface area contributed by atoms with Crippen LogP contribution < -0.4 is 0 Å². The summed E-state index contributed by atoms with van der Waals surface area (Å²) in [6.45, 7) is 0.472. The maximum atomic E-state index is 12.2. The second-order valence-electron chi connectivity index (χ2n) is 5.37. The van der Waals surface area contributed by atoms with Crippen LogP contribution >= 0.6 is 0 Å². The van der Waals surface area contributed by atoms with Crippen molar-refractivity contribution in [1.29, 1.82) is 0 Å². The molecular weight excluding hydrogens is 218 g/mol. The Kier molecular flexibility index (Phi) is 3.69. The number of hydrogen-bond donors (Lipinski definition) is 0. The maximum absolute atomic E-state index is 12.2. The Hall–Kier alpha value is -1.06. The predicted molar refractivity (Wildman–Crippen MR) is 63.2 cm³/mol. The van der Waals surface area contributed by atoms with Crippen molar-refractivity contribution in [3.8, 4) is 0 Å². The van der Waals surface area contributed by atoms with Gasteiger partial charge < -0.3 is 9.64 Å². The largest absolute Gasteiger partial charge is 0.469 e. The molecule has 0 saturated heterocycles. The van der Waals surface area contributed by atoms with Crippen molar-refractivity contribution < 1.29 is 14.3 Å². The normalized spacial score (nSPS) is 30.4. The molecule has 17 heavy (non-hydrogen) atoms. The van der Waals surface area contributed by atoms with Gasteiger partial charge in [0.15, 0.2) is 0 Å². The number of carbonyl (C=O) groups is 2. The van der Waals surface area contributed by atoms with E-state index in [1.54, 1.807) is 11.9 Å². The fourth-order valence-corrected chi connectivity index (χ4v) is 3.30. The molecule has 0 N–H and O–H groups in total. The number of fused-ring (bicyclic) bond motifs is 2. The van der Waals surface area contributed by atoms with E-state index in [0.717, 1.165) is 12.3 Å². The maximum Gasteiger partial charge on any atom is 0.307 e. The number of nitrogens with zero attached hydrogens (tertiary/aromatic N) is 1. The van der Waals surface area contributed by atoms with Crippen molar-refractivity contribution >= 4 is 11.9 Å². The summed E-state index contributed by atoms with van der Waals surface area (Å²) in [4.78, 5) is 24.9. The predicted octanol–water partition coefficient (Wildman–Crippen LogP) is 1.44. The molecule has 0 radical (unpaired) electrons. The van der Waals surface area contributed by atoms with Gasteiger partial charge in [-0.1, -0.05) is 6.42 Å². The summed E-state index contributed by atoms with van der Waals surface area (Å²) in [5.74, 6) is 1.58. The first-order chi connectivity index (χ1) is 8.11. The summed E-state index contributed by atoms with van der Waals surface area (Å²) in [5.41, 5.74) is 0. The number of amides is 1. The minimum Gasteiger partial charge on any atom is -0.469 e. The third-order valence-corrected chi connectivity index (χ3v) is 4.31. The number of hydrogen-bond acceptors (Lipinski definition) is 3. The zero-order valence-corrected chi connectivity index (χ0v) is 10.6. The van der Waals surface area contributed by atoms with Crippen LogP contribution in [0, 0.1) is 17.8 Å². The molecule has 2 saturated carbocycles. The summed E-state index contributed by atoms with van der Waals surface area (Å²) in [6.07, 6.45) is 5.11. The highest BCUT2D eigenvalue weighted by atomic mass is 16.5. The molecule has 0 aliphatic heterocycles. The Balaban J connectivity index is 1.81. The van der Waals surface area contributed by atoms with Gasteiger partial charge in [-0.25, -0.2) is 0 Å². The highest BCUT2D eigenvalue weighted by molar-refractivity contribution is 5.80.